The van der Waals surface area contributed by atoms with Gasteiger partial charge in [0.15, 0.2) is 0 Å². The predicted octanol–water partition coefficient (Wildman–Crippen LogP) is 2.61. The Bertz CT molecular complexity index is 200. The number of aldehydes is 2. The molecule has 2 heteroatoms. The third-order valence-electron chi connectivity index (χ3n) is 1.60. The number of carbonyl (C=O) groups excluding carboxylic acids is 2. The standard InChI is InChI=1S/C12H16O2/c13-11-9-7-5-3-1-2-4-6-8-10-12-14/h1-2,7-12H,3-6H2/b2-1+,9-7+,10-8+. The Balaban J connectivity index is 3.27. The molecule has 0 aromatic rings. The van der Waals surface area contributed by atoms with Crippen molar-refractivity contribution in [2.45, 2.75) is 25.7 Å². The van der Waals surface area contributed by atoms with Crippen molar-refractivity contribution < 1.29 is 9.59 Å². The van der Waals surface area contributed by atoms with Crippen molar-refractivity contribution in [3.8, 4) is 0 Å². The topological polar surface area (TPSA) is 34.1 Å². The predicted molar refractivity (Wildman–Crippen MR) is 58.0 cm³/mol. The van der Waals surface area contributed by atoms with E-state index < -0.39 is 0 Å². The Morgan fingerprint density at radius 2 is 0.929 bits per heavy atom. The molecule has 0 atom stereocenters. The third-order valence-corrected chi connectivity index (χ3v) is 1.60. The highest BCUT2D eigenvalue weighted by molar-refractivity contribution is 5.64. The van der Waals surface area contributed by atoms with E-state index in [1.165, 1.54) is 12.2 Å². The fraction of sp³-hybridized carbons (Fsp3) is 0.333. The molecule has 0 heterocycles. The van der Waals surface area contributed by atoms with Gasteiger partial charge in [-0.15, -0.1) is 0 Å². The molecule has 76 valence electrons. The highest BCUT2D eigenvalue weighted by Gasteiger charge is 1.78. The summed E-state index contributed by atoms with van der Waals surface area (Å²) in [5.74, 6) is 0. The fourth-order valence-electron chi connectivity index (χ4n) is 0.924. The van der Waals surface area contributed by atoms with Crippen molar-refractivity contribution in [1.82, 2.24) is 0 Å². The monoisotopic (exact) mass is 192 g/mol. The molecule has 0 saturated heterocycles. The molecular weight excluding hydrogens is 176 g/mol. The Morgan fingerprint density at radius 1 is 0.571 bits per heavy atom. The van der Waals surface area contributed by atoms with Gasteiger partial charge < -0.3 is 0 Å². The van der Waals surface area contributed by atoms with Gasteiger partial charge in [-0.25, -0.2) is 0 Å². The maximum atomic E-state index is 9.90. The Kier molecular flexibility index (Phi) is 10.4. The minimum absolute atomic E-state index is 0.786. The molecule has 0 aromatic carbocycles. The molecule has 0 bridgehead atoms. The van der Waals surface area contributed by atoms with Crippen LogP contribution < -0.4 is 0 Å². The van der Waals surface area contributed by atoms with Crippen LogP contribution in [0.1, 0.15) is 25.7 Å². The lowest BCUT2D eigenvalue weighted by Gasteiger charge is -1.86. The van der Waals surface area contributed by atoms with Crippen molar-refractivity contribution in [2.75, 3.05) is 0 Å². The average molecular weight is 192 g/mol. The molecule has 0 unspecified atom stereocenters. The zero-order valence-electron chi connectivity index (χ0n) is 8.26. The van der Waals surface area contributed by atoms with Crippen molar-refractivity contribution in [2.24, 2.45) is 0 Å². The highest BCUT2D eigenvalue weighted by Crippen LogP contribution is 1.97. The Labute approximate surface area is 85.0 Å². The lowest BCUT2D eigenvalue weighted by molar-refractivity contribution is -0.104. The van der Waals surface area contributed by atoms with Gasteiger partial charge >= 0.3 is 0 Å². The summed E-state index contributed by atoms with van der Waals surface area (Å²) < 4.78 is 0. The first-order chi connectivity index (χ1) is 6.91. The molecule has 0 rings (SSSR count). The maximum Gasteiger partial charge on any atom is 0.142 e. The van der Waals surface area contributed by atoms with Crippen LogP contribution in [0, 0.1) is 0 Å². The second kappa shape index (κ2) is 11.6. The summed E-state index contributed by atoms with van der Waals surface area (Å²) in [6.45, 7) is 0. The summed E-state index contributed by atoms with van der Waals surface area (Å²) >= 11 is 0. The van der Waals surface area contributed by atoms with E-state index in [1.807, 2.05) is 12.2 Å². The van der Waals surface area contributed by atoms with Gasteiger partial charge in [0.25, 0.3) is 0 Å². The van der Waals surface area contributed by atoms with Crippen LogP contribution in [0.5, 0.6) is 0 Å². The smallest absolute Gasteiger partial charge is 0.142 e. The first kappa shape index (κ1) is 12.6. The van der Waals surface area contributed by atoms with E-state index in [0.717, 1.165) is 38.3 Å². The third kappa shape index (κ3) is 10.6. The zero-order chi connectivity index (χ0) is 10.5. The van der Waals surface area contributed by atoms with Crippen molar-refractivity contribution in [3.63, 3.8) is 0 Å². The Hall–Kier alpha value is -1.44. The van der Waals surface area contributed by atoms with Crippen LogP contribution in [0.2, 0.25) is 0 Å². The average Bonchev–Trinajstić information content (AvgIpc) is 2.21. The van der Waals surface area contributed by atoms with Crippen LogP contribution in [0.4, 0.5) is 0 Å². The molecule has 0 amide bonds. The van der Waals surface area contributed by atoms with Crippen LogP contribution in [-0.2, 0) is 9.59 Å². The molecule has 0 N–H and O–H groups in total. The van der Waals surface area contributed by atoms with E-state index in [2.05, 4.69) is 12.2 Å². The minimum atomic E-state index is 0.786. The summed E-state index contributed by atoms with van der Waals surface area (Å²) in [6.07, 6.45) is 16.2. The van der Waals surface area contributed by atoms with Crippen molar-refractivity contribution in [3.05, 3.63) is 36.5 Å². The van der Waals surface area contributed by atoms with E-state index in [9.17, 15) is 9.59 Å². The van der Waals surface area contributed by atoms with Gasteiger partial charge in [-0.05, 0) is 37.8 Å². The number of hydrogen-bond donors (Lipinski definition) is 0. The van der Waals surface area contributed by atoms with Gasteiger partial charge in [0.05, 0.1) is 0 Å². The molecular formula is C12H16O2. The molecule has 2 nitrogen and oxygen atoms in total. The summed E-state index contributed by atoms with van der Waals surface area (Å²) in [5.41, 5.74) is 0. The lowest BCUT2D eigenvalue weighted by atomic mass is 10.2. The highest BCUT2D eigenvalue weighted by atomic mass is 16.1. The summed E-state index contributed by atoms with van der Waals surface area (Å²) in [4.78, 5) is 19.8. The van der Waals surface area contributed by atoms with Gasteiger partial charge in [-0.1, -0.05) is 24.3 Å². The molecule has 0 aliphatic carbocycles. The van der Waals surface area contributed by atoms with Crippen LogP contribution in [-0.4, -0.2) is 12.6 Å². The largest absolute Gasteiger partial charge is 0.299 e. The molecule has 0 fully saturated rings. The number of rotatable bonds is 8. The second-order valence-electron chi connectivity index (χ2n) is 2.75. The van der Waals surface area contributed by atoms with Gasteiger partial charge in [0.2, 0.25) is 0 Å². The van der Waals surface area contributed by atoms with E-state index in [-0.39, 0.29) is 0 Å². The van der Waals surface area contributed by atoms with Gasteiger partial charge in [0, 0.05) is 0 Å². The SMILES string of the molecule is O=C/C=C/CC/C=C/CC/C=C/C=O. The molecule has 0 radical (unpaired) electrons. The fourth-order valence-corrected chi connectivity index (χ4v) is 0.924. The second-order valence-corrected chi connectivity index (χ2v) is 2.75. The number of unbranched alkanes of at least 4 members (excludes halogenated alkanes) is 2. The molecule has 0 spiro atoms. The van der Waals surface area contributed by atoms with E-state index in [1.54, 1.807) is 0 Å². The van der Waals surface area contributed by atoms with Crippen LogP contribution in [0.25, 0.3) is 0 Å². The lowest BCUT2D eigenvalue weighted by Crippen LogP contribution is -1.68. The van der Waals surface area contributed by atoms with E-state index in [4.69, 9.17) is 0 Å². The summed E-state index contributed by atoms with van der Waals surface area (Å²) in [6, 6.07) is 0. The zero-order valence-corrected chi connectivity index (χ0v) is 8.26. The van der Waals surface area contributed by atoms with Gasteiger partial charge in [0.1, 0.15) is 12.6 Å². The quantitative estimate of drug-likeness (QED) is 0.256. The van der Waals surface area contributed by atoms with Gasteiger partial charge in [-0.2, -0.15) is 0 Å². The van der Waals surface area contributed by atoms with Crippen LogP contribution >= 0.6 is 0 Å². The van der Waals surface area contributed by atoms with Gasteiger partial charge in [-0.3, -0.25) is 9.59 Å². The number of carbonyl (C=O) groups is 2. The van der Waals surface area contributed by atoms with E-state index in [0.29, 0.717) is 0 Å². The molecule has 0 aliphatic rings. The first-order valence-electron chi connectivity index (χ1n) is 4.77. The number of allylic oxidation sites excluding steroid dienone is 6. The van der Waals surface area contributed by atoms with Crippen molar-refractivity contribution in [1.29, 1.82) is 0 Å². The normalized spacial score (nSPS) is 11.7. The van der Waals surface area contributed by atoms with E-state index >= 15 is 0 Å². The van der Waals surface area contributed by atoms with Crippen LogP contribution in [0.15, 0.2) is 36.5 Å². The molecule has 14 heavy (non-hydrogen) atoms. The van der Waals surface area contributed by atoms with Crippen molar-refractivity contribution >= 4 is 12.6 Å². The van der Waals surface area contributed by atoms with Crippen LogP contribution in [0.3, 0.4) is 0 Å². The summed E-state index contributed by atoms with van der Waals surface area (Å²) in [7, 11) is 0. The molecule has 0 aliphatic heterocycles. The first-order valence-corrected chi connectivity index (χ1v) is 4.77. The Morgan fingerprint density at radius 3 is 1.29 bits per heavy atom. The number of hydrogen-bond acceptors (Lipinski definition) is 2. The minimum Gasteiger partial charge on any atom is -0.299 e. The molecule has 0 saturated carbocycles. The molecule has 0 aromatic heterocycles. The summed E-state index contributed by atoms with van der Waals surface area (Å²) in [5, 5.41) is 0. The maximum absolute atomic E-state index is 9.90.